The highest BCUT2D eigenvalue weighted by Gasteiger charge is 2.18. The van der Waals surface area contributed by atoms with Crippen molar-refractivity contribution in [1.82, 2.24) is 9.97 Å². The zero-order valence-corrected chi connectivity index (χ0v) is 25.1. The lowest BCUT2D eigenvalue weighted by atomic mass is 9.84. The van der Waals surface area contributed by atoms with Crippen molar-refractivity contribution in [2.75, 3.05) is 0 Å². The lowest BCUT2D eigenvalue weighted by molar-refractivity contribution is 1.31. The Morgan fingerprint density at radius 2 is 0.913 bits per heavy atom. The Morgan fingerprint density at radius 3 is 1.72 bits per heavy atom. The van der Waals surface area contributed by atoms with E-state index in [1.807, 2.05) is 30.6 Å². The van der Waals surface area contributed by atoms with Gasteiger partial charge >= 0.3 is 0 Å². The van der Waals surface area contributed by atoms with Crippen molar-refractivity contribution < 1.29 is 0 Å². The predicted octanol–water partition coefficient (Wildman–Crippen LogP) is 11.8. The molecule has 0 saturated heterocycles. The van der Waals surface area contributed by atoms with Gasteiger partial charge < -0.3 is 0 Å². The Morgan fingerprint density at radius 1 is 0.304 bits per heavy atom. The molecular formula is C44H28N2. The normalized spacial score (nSPS) is 11.5. The van der Waals surface area contributed by atoms with Crippen LogP contribution in [0.2, 0.25) is 0 Å². The van der Waals surface area contributed by atoms with E-state index in [1.165, 1.54) is 60.1 Å². The van der Waals surface area contributed by atoms with Crippen LogP contribution in [0.1, 0.15) is 0 Å². The molecule has 0 amide bonds. The van der Waals surface area contributed by atoms with E-state index in [9.17, 15) is 0 Å². The maximum atomic E-state index is 5.00. The number of hydrogen-bond donors (Lipinski definition) is 0. The molecule has 0 aliphatic heterocycles. The summed E-state index contributed by atoms with van der Waals surface area (Å²) < 4.78 is 0. The van der Waals surface area contributed by atoms with Gasteiger partial charge in [0, 0.05) is 28.9 Å². The van der Waals surface area contributed by atoms with E-state index >= 15 is 0 Å². The van der Waals surface area contributed by atoms with Crippen LogP contribution in [0.4, 0.5) is 0 Å². The minimum absolute atomic E-state index is 0.911. The van der Waals surface area contributed by atoms with E-state index in [0.29, 0.717) is 0 Å². The van der Waals surface area contributed by atoms with E-state index in [4.69, 9.17) is 4.98 Å². The highest BCUT2D eigenvalue weighted by Crippen LogP contribution is 2.45. The summed E-state index contributed by atoms with van der Waals surface area (Å²) in [6.45, 7) is 0. The number of fused-ring (bicyclic) bond motifs is 4. The van der Waals surface area contributed by atoms with Crippen molar-refractivity contribution in [1.29, 1.82) is 0 Å². The van der Waals surface area contributed by atoms with E-state index in [0.717, 1.165) is 27.7 Å². The van der Waals surface area contributed by atoms with Crippen LogP contribution in [-0.2, 0) is 0 Å². The monoisotopic (exact) mass is 584 g/mol. The summed E-state index contributed by atoms with van der Waals surface area (Å²) in [5.41, 5.74) is 10.1. The molecule has 0 N–H and O–H groups in total. The first-order valence-electron chi connectivity index (χ1n) is 15.6. The second-order valence-corrected chi connectivity index (χ2v) is 11.8. The zero-order chi connectivity index (χ0) is 30.5. The molecule has 9 rings (SSSR count). The first kappa shape index (κ1) is 26.3. The molecule has 0 atom stereocenters. The molecule has 9 aromatic rings. The lowest BCUT2D eigenvalue weighted by Gasteiger charge is -2.19. The third-order valence-electron chi connectivity index (χ3n) is 9.11. The maximum absolute atomic E-state index is 5.00. The fraction of sp³-hybridized carbons (Fsp3) is 0. The maximum Gasteiger partial charge on any atom is 0.0718 e. The Bertz CT molecular complexity index is 2570. The molecule has 0 aliphatic rings. The lowest BCUT2D eigenvalue weighted by Crippen LogP contribution is -1.93. The molecule has 0 saturated carbocycles. The molecule has 46 heavy (non-hydrogen) atoms. The van der Waals surface area contributed by atoms with Crippen molar-refractivity contribution in [2.45, 2.75) is 0 Å². The summed E-state index contributed by atoms with van der Waals surface area (Å²) in [5.74, 6) is 0. The van der Waals surface area contributed by atoms with Gasteiger partial charge in [0.1, 0.15) is 0 Å². The van der Waals surface area contributed by atoms with Crippen molar-refractivity contribution in [3.63, 3.8) is 0 Å². The quantitative estimate of drug-likeness (QED) is 0.192. The number of aromatic nitrogens is 2. The molecule has 2 nitrogen and oxygen atoms in total. The first-order valence-corrected chi connectivity index (χ1v) is 15.6. The molecule has 0 radical (unpaired) electrons. The second kappa shape index (κ2) is 10.8. The van der Waals surface area contributed by atoms with Gasteiger partial charge in [-0.25, -0.2) is 0 Å². The minimum Gasteiger partial charge on any atom is -0.256 e. The van der Waals surface area contributed by atoms with Crippen LogP contribution in [0.3, 0.4) is 0 Å². The summed E-state index contributed by atoms with van der Waals surface area (Å²) in [5, 5.41) is 8.49. The van der Waals surface area contributed by atoms with Gasteiger partial charge in [0.05, 0.1) is 11.2 Å². The van der Waals surface area contributed by atoms with Crippen LogP contribution in [0.5, 0.6) is 0 Å². The number of para-hydroxylation sites is 1. The largest absolute Gasteiger partial charge is 0.256 e. The summed E-state index contributed by atoms with van der Waals surface area (Å²) in [6, 6.07) is 56.5. The van der Waals surface area contributed by atoms with Gasteiger partial charge in [-0.05, 0) is 90.5 Å². The van der Waals surface area contributed by atoms with Gasteiger partial charge in [0.25, 0.3) is 0 Å². The third-order valence-corrected chi connectivity index (χ3v) is 9.11. The summed E-state index contributed by atoms with van der Waals surface area (Å²) >= 11 is 0. The van der Waals surface area contributed by atoms with Crippen LogP contribution < -0.4 is 0 Å². The SMILES string of the molecule is c1ccc(-c2ccc3c(-c4ccc5ccccc5c4)c4ccccc4c(-c4ccc(-c5cnc6ccccc6c5)nc4)c3c2)cc1. The van der Waals surface area contributed by atoms with Crippen molar-refractivity contribution in [3.05, 3.63) is 170 Å². The highest BCUT2D eigenvalue weighted by atomic mass is 14.7. The Labute approximate surface area is 267 Å². The number of hydrogen-bond acceptors (Lipinski definition) is 2. The van der Waals surface area contributed by atoms with Gasteiger partial charge in [0.2, 0.25) is 0 Å². The Hall–Kier alpha value is -6.12. The zero-order valence-electron chi connectivity index (χ0n) is 25.1. The number of pyridine rings is 2. The fourth-order valence-corrected chi connectivity index (χ4v) is 6.88. The smallest absolute Gasteiger partial charge is 0.0718 e. The van der Waals surface area contributed by atoms with Crippen molar-refractivity contribution in [2.24, 2.45) is 0 Å². The molecule has 2 heteroatoms. The third kappa shape index (κ3) is 4.43. The molecule has 7 aromatic carbocycles. The molecule has 0 fully saturated rings. The summed E-state index contributed by atoms with van der Waals surface area (Å²) in [6.07, 6.45) is 3.94. The van der Waals surface area contributed by atoms with Crippen LogP contribution in [0.25, 0.3) is 87.9 Å². The Kier molecular flexibility index (Phi) is 6.17. The molecule has 0 bridgehead atoms. The average molecular weight is 585 g/mol. The topological polar surface area (TPSA) is 25.8 Å². The molecule has 0 aliphatic carbocycles. The Balaban J connectivity index is 1.30. The molecular weight excluding hydrogens is 556 g/mol. The fourth-order valence-electron chi connectivity index (χ4n) is 6.88. The van der Waals surface area contributed by atoms with Crippen LogP contribution in [0, 0.1) is 0 Å². The number of nitrogens with zero attached hydrogens (tertiary/aromatic N) is 2. The second-order valence-electron chi connectivity index (χ2n) is 11.8. The van der Waals surface area contributed by atoms with Crippen molar-refractivity contribution in [3.8, 4) is 44.6 Å². The minimum atomic E-state index is 0.911. The summed E-state index contributed by atoms with van der Waals surface area (Å²) in [4.78, 5) is 9.68. The predicted molar refractivity (Wildman–Crippen MR) is 194 cm³/mol. The molecule has 2 aromatic heterocycles. The van der Waals surface area contributed by atoms with Gasteiger partial charge in [-0.3, -0.25) is 9.97 Å². The highest BCUT2D eigenvalue weighted by molar-refractivity contribution is 6.22. The van der Waals surface area contributed by atoms with Gasteiger partial charge in [-0.1, -0.05) is 127 Å². The van der Waals surface area contributed by atoms with Crippen molar-refractivity contribution >= 4 is 43.2 Å². The van der Waals surface area contributed by atoms with E-state index in [1.54, 1.807) is 0 Å². The van der Waals surface area contributed by atoms with Crippen LogP contribution in [0.15, 0.2) is 170 Å². The molecule has 2 heterocycles. The first-order chi connectivity index (χ1) is 22.8. The van der Waals surface area contributed by atoms with Crippen LogP contribution >= 0.6 is 0 Å². The molecule has 214 valence electrons. The van der Waals surface area contributed by atoms with Gasteiger partial charge in [-0.2, -0.15) is 0 Å². The average Bonchev–Trinajstić information content (AvgIpc) is 3.13. The van der Waals surface area contributed by atoms with Crippen LogP contribution in [-0.4, -0.2) is 9.97 Å². The number of rotatable bonds is 4. The molecule has 0 unspecified atom stereocenters. The van der Waals surface area contributed by atoms with Gasteiger partial charge in [0.15, 0.2) is 0 Å². The molecule has 0 spiro atoms. The van der Waals surface area contributed by atoms with E-state index < -0.39 is 0 Å². The van der Waals surface area contributed by atoms with E-state index in [2.05, 4.69) is 145 Å². The van der Waals surface area contributed by atoms with E-state index in [-0.39, 0.29) is 0 Å². The summed E-state index contributed by atoms with van der Waals surface area (Å²) in [7, 11) is 0. The van der Waals surface area contributed by atoms with Gasteiger partial charge in [-0.15, -0.1) is 0 Å². The standard InChI is InChI=1S/C44H28N2/c1-2-10-29(11-3-1)32-20-22-39-40(26-32)44(35-21-23-42(45-27-35)36-25-33-14-6-9-17-41(33)46-28-36)38-16-8-7-15-37(38)43(39)34-19-18-30-12-4-5-13-31(30)24-34/h1-28H. The number of benzene rings is 7.